The van der Waals surface area contributed by atoms with Crippen LogP contribution < -0.4 is 5.32 Å². The molecule has 0 heterocycles. The number of rotatable bonds is 4. The van der Waals surface area contributed by atoms with Crippen molar-refractivity contribution in [1.82, 2.24) is 0 Å². The fourth-order valence-corrected chi connectivity index (χ4v) is 1.44. The maximum Gasteiger partial charge on any atom is 0.125 e. The summed E-state index contributed by atoms with van der Waals surface area (Å²) in [7, 11) is 0. The lowest BCUT2D eigenvalue weighted by atomic mass is 10.0. The van der Waals surface area contributed by atoms with Crippen LogP contribution in [0.5, 0.6) is 0 Å². The molecule has 0 saturated heterocycles. The van der Waals surface area contributed by atoms with E-state index < -0.39 is 0 Å². The molecule has 1 nitrogen and oxygen atoms in total. The van der Waals surface area contributed by atoms with Gasteiger partial charge in [0.25, 0.3) is 0 Å². The van der Waals surface area contributed by atoms with Crippen molar-refractivity contribution < 1.29 is 4.39 Å². The Kier molecular flexibility index (Phi) is 3.93. The highest BCUT2D eigenvalue weighted by Crippen LogP contribution is 2.24. The minimum absolute atomic E-state index is 0.173. The second-order valence-electron chi connectivity index (χ2n) is 3.81. The maximum absolute atomic E-state index is 13.0. The molecule has 1 aromatic carbocycles. The Morgan fingerprint density at radius 1 is 1.36 bits per heavy atom. The second-order valence-corrected chi connectivity index (χ2v) is 3.81. The van der Waals surface area contributed by atoms with E-state index in [1.807, 2.05) is 6.07 Å². The minimum atomic E-state index is -0.173. The highest BCUT2D eigenvalue weighted by atomic mass is 19.1. The summed E-state index contributed by atoms with van der Waals surface area (Å²) in [6.45, 7) is 7.22. The number of hydrogen-bond donors (Lipinski definition) is 1. The van der Waals surface area contributed by atoms with Gasteiger partial charge in [-0.25, -0.2) is 4.39 Å². The van der Waals surface area contributed by atoms with Crippen LogP contribution in [0.1, 0.15) is 38.7 Å². The van der Waals surface area contributed by atoms with Crippen molar-refractivity contribution in [2.75, 3.05) is 11.9 Å². The van der Waals surface area contributed by atoms with Gasteiger partial charge in [0.1, 0.15) is 5.82 Å². The third kappa shape index (κ3) is 2.72. The van der Waals surface area contributed by atoms with Crippen LogP contribution in [-0.2, 0) is 0 Å². The van der Waals surface area contributed by atoms with Gasteiger partial charge in [-0.2, -0.15) is 0 Å². The van der Waals surface area contributed by atoms with Crippen molar-refractivity contribution in [3.63, 3.8) is 0 Å². The zero-order valence-corrected chi connectivity index (χ0v) is 9.10. The van der Waals surface area contributed by atoms with Crippen molar-refractivity contribution >= 4 is 5.69 Å². The summed E-state index contributed by atoms with van der Waals surface area (Å²) in [5.74, 6) is 0.253. The van der Waals surface area contributed by atoms with Gasteiger partial charge in [-0.05, 0) is 30.0 Å². The highest BCUT2D eigenvalue weighted by molar-refractivity contribution is 5.52. The summed E-state index contributed by atoms with van der Waals surface area (Å²) in [6.07, 6.45) is 1.05. The number of hydrogen-bond acceptors (Lipinski definition) is 1. The first kappa shape index (κ1) is 11.0. The summed E-state index contributed by atoms with van der Waals surface area (Å²) in [4.78, 5) is 0. The van der Waals surface area contributed by atoms with E-state index in [9.17, 15) is 4.39 Å². The standard InChI is InChI=1S/C12H18FN/c1-4-7-14-12-8-10(13)5-6-11(12)9(2)3/h5-6,8-9,14H,4,7H2,1-3H3. The molecule has 0 aromatic heterocycles. The Balaban J connectivity index is 2.91. The smallest absolute Gasteiger partial charge is 0.125 e. The van der Waals surface area contributed by atoms with Crippen LogP contribution >= 0.6 is 0 Å². The molecule has 0 aliphatic heterocycles. The van der Waals surface area contributed by atoms with Gasteiger partial charge in [0.05, 0.1) is 0 Å². The molecule has 1 N–H and O–H groups in total. The molecule has 78 valence electrons. The SMILES string of the molecule is CCCNc1cc(F)ccc1C(C)C. The molecule has 0 radical (unpaired) electrons. The first-order valence-electron chi connectivity index (χ1n) is 5.18. The van der Waals surface area contributed by atoms with Crippen molar-refractivity contribution in [3.8, 4) is 0 Å². The van der Waals surface area contributed by atoms with Gasteiger partial charge in [0, 0.05) is 12.2 Å². The zero-order valence-electron chi connectivity index (χ0n) is 9.10. The summed E-state index contributed by atoms with van der Waals surface area (Å²) in [5, 5.41) is 3.25. The average molecular weight is 195 g/mol. The molecule has 0 atom stereocenters. The lowest BCUT2D eigenvalue weighted by Gasteiger charge is -2.14. The van der Waals surface area contributed by atoms with Gasteiger partial charge < -0.3 is 5.32 Å². The molecule has 14 heavy (non-hydrogen) atoms. The molecule has 0 aliphatic carbocycles. The molecule has 0 amide bonds. The van der Waals surface area contributed by atoms with Crippen molar-refractivity contribution in [3.05, 3.63) is 29.6 Å². The monoisotopic (exact) mass is 195 g/mol. The van der Waals surface area contributed by atoms with Gasteiger partial charge in [-0.3, -0.25) is 0 Å². The van der Waals surface area contributed by atoms with E-state index in [0.717, 1.165) is 18.7 Å². The molecule has 0 bridgehead atoms. The Morgan fingerprint density at radius 3 is 2.64 bits per heavy atom. The van der Waals surface area contributed by atoms with Gasteiger partial charge in [0.15, 0.2) is 0 Å². The highest BCUT2D eigenvalue weighted by Gasteiger charge is 2.06. The van der Waals surface area contributed by atoms with E-state index in [0.29, 0.717) is 5.92 Å². The molecule has 0 unspecified atom stereocenters. The molecule has 2 heteroatoms. The fourth-order valence-electron chi connectivity index (χ4n) is 1.44. The summed E-state index contributed by atoms with van der Waals surface area (Å²) >= 11 is 0. The van der Waals surface area contributed by atoms with Crippen LogP contribution in [0.25, 0.3) is 0 Å². The minimum Gasteiger partial charge on any atom is -0.385 e. The van der Waals surface area contributed by atoms with Crippen molar-refractivity contribution in [2.45, 2.75) is 33.1 Å². The van der Waals surface area contributed by atoms with Crippen molar-refractivity contribution in [2.24, 2.45) is 0 Å². The zero-order chi connectivity index (χ0) is 10.6. The van der Waals surface area contributed by atoms with Gasteiger partial charge >= 0.3 is 0 Å². The molecule has 0 saturated carbocycles. The Morgan fingerprint density at radius 2 is 2.07 bits per heavy atom. The Labute approximate surface area is 85.3 Å². The topological polar surface area (TPSA) is 12.0 Å². The van der Waals surface area contributed by atoms with Crippen LogP contribution in [-0.4, -0.2) is 6.54 Å². The average Bonchev–Trinajstić information content (AvgIpc) is 2.14. The van der Waals surface area contributed by atoms with E-state index in [4.69, 9.17) is 0 Å². The van der Waals surface area contributed by atoms with Crippen LogP contribution in [0.15, 0.2) is 18.2 Å². The lowest BCUT2D eigenvalue weighted by molar-refractivity contribution is 0.626. The summed E-state index contributed by atoms with van der Waals surface area (Å²) in [5.41, 5.74) is 2.11. The van der Waals surface area contributed by atoms with Crippen LogP contribution in [0, 0.1) is 5.82 Å². The van der Waals surface area contributed by atoms with E-state index in [2.05, 4.69) is 26.1 Å². The van der Waals surface area contributed by atoms with Gasteiger partial charge in [-0.1, -0.05) is 26.8 Å². The van der Waals surface area contributed by atoms with E-state index in [1.165, 1.54) is 11.6 Å². The van der Waals surface area contributed by atoms with E-state index in [1.54, 1.807) is 6.07 Å². The number of benzene rings is 1. The first-order valence-corrected chi connectivity index (χ1v) is 5.18. The van der Waals surface area contributed by atoms with Crippen LogP contribution in [0.4, 0.5) is 10.1 Å². The number of anilines is 1. The second kappa shape index (κ2) is 4.99. The normalized spacial score (nSPS) is 10.6. The predicted molar refractivity (Wildman–Crippen MR) is 59.3 cm³/mol. The molecule has 0 fully saturated rings. The maximum atomic E-state index is 13.0. The third-order valence-corrected chi connectivity index (χ3v) is 2.20. The quantitative estimate of drug-likeness (QED) is 0.771. The molecule has 1 aromatic rings. The first-order chi connectivity index (χ1) is 6.65. The van der Waals surface area contributed by atoms with Crippen LogP contribution in [0.3, 0.4) is 0 Å². The van der Waals surface area contributed by atoms with Crippen molar-refractivity contribution in [1.29, 1.82) is 0 Å². The largest absolute Gasteiger partial charge is 0.385 e. The Bertz CT molecular complexity index is 294. The fraction of sp³-hybridized carbons (Fsp3) is 0.500. The van der Waals surface area contributed by atoms with E-state index >= 15 is 0 Å². The van der Waals surface area contributed by atoms with E-state index in [-0.39, 0.29) is 5.82 Å². The molecular weight excluding hydrogens is 177 g/mol. The molecular formula is C12H18FN. The van der Waals surface area contributed by atoms with Gasteiger partial charge in [0.2, 0.25) is 0 Å². The predicted octanol–water partition coefficient (Wildman–Crippen LogP) is 3.77. The third-order valence-electron chi connectivity index (χ3n) is 2.20. The number of nitrogens with one attached hydrogen (secondary N) is 1. The Hall–Kier alpha value is -1.05. The van der Waals surface area contributed by atoms with Crippen LogP contribution in [0.2, 0.25) is 0 Å². The summed E-state index contributed by atoms with van der Waals surface area (Å²) in [6, 6.07) is 4.95. The molecule has 0 aliphatic rings. The van der Waals surface area contributed by atoms with Gasteiger partial charge in [-0.15, -0.1) is 0 Å². The summed E-state index contributed by atoms with van der Waals surface area (Å²) < 4.78 is 13.0. The number of halogens is 1. The lowest BCUT2D eigenvalue weighted by Crippen LogP contribution is -2.04. The molecule has 1 rings (SSSR count). The molecule has 0 spiro atoms.